The fourth-order valence-corrected chi connectivity index (χ4v) is 2.59. The van der Waals surface area contributed by atoms with Crippen LogP contribution in [0.15, 0.2) is 41.2 Å². The van der Waals surface area contributed by atoms with Crippen molar-refractivity contribution in [1.29, 1.82) is 0 Å². The minimum Gasteiger partial charge on any atom is -0.376 e. The van der Waals surface area contributed by atoms with E-state index in [-0.39, 0.29) is 35.6 Å². The summed E-state index contributed by atoms with van der Waals surface area (Å²) >= 11 is 0. The highest BCUT2D eigenvalue weighted by atomic mass is 19.1. The van der Waals surface area contributed by atoms with Crippen LogP contribution < -0.4 is 10.9 Å². The standard InChI is InChI=1S/C17H18FN3O3/c18-13-4-1-3-12(9-13)11-21-16(22)7-6-15(20-21)17(23)19-10-14-5-2-8-24-14/h1,3-4,6-7,9,14H,2,5,8,10-11H2,(H,19,23)/t14-/m0/s1. The number of amides is 1. The van der Waals surface area contributed by atoms with Gasteiger partial charge in [-0.2, -0.15) is 5.10 Å². The first-order chi connectivity index (χ1) is 11.6. The zero-order valence-corrected chi connectivity index (χ0v) is 13.1. The average molecular weight is 331 g/mol. The van der Waals surface area contributed by atoms with E-state index >= 15 is 0 Å². The molecule has 0 saturated carbocycles. The van der Waals surface area contributed by atoms with Crippen molar-refractivity contribution in [3.8, 4) is 0 Å². The van der Waals surface area contributed by atoms with Crippen LogP contribution in [0.1, 0.15) is 28.9 Å². The summed E-state index contributed by atoms with van der Waals surface area (Å²) in [5.41, 5.74) is 0.389. The van der Waals surface area contributed by atoms with Gasteiger partial charge in [-0.3, -0.25) is 9.59 Å². The van der Waals surface area contributed by atoms with Gasteiger partial charge in [0.15, 0.2) is 0 Å². The van der Waals surface area contributed by atoms with Crippen molar-refractivity contribution in [3.63, 3.8) is 0 Å². The molecule has 1 saturated heterocycles. The Morgan fingerprint density at radius 1 is 1.38 bits per heavy atom. The Kier molecular flexibility index (Phi) is 5.00. The third-order valence-corrected chi connectivity index (χ3v) is 3.83. The summed E-state index contributed by atoms with van der Waals surface area (Å²) in [6, 6.07) is 8.59. The topological polar surface area (TPSA) is 73.2 Å². The molecular formula is C17H18FN3O3. The number of nitrogens with zero attached hydrogens (tertiary/aromatic N) is 2. The molecule has 0 unspecified atom stereocenters. The molecule has 24 heavy (non-hydrogen) atoms. The molecule has 0 aliphatic carbocycles. The SMILES string of the molecule is O=C(NC[C@@H]1CCCO1)c1ccc(=O)n(Cc2cccc(F)c2)n1. The predicted octanol–water partition coefficient (Wildman–Crippen LogP) is 1.34. The van der Waals surface area contributed by atoms with Gasteiger partial charge in [-0.25, -0.2) is 9.07 Å². The number of carbonyl (C=O) groups is 1. The smallest absolute Gasteiger partial charge is 0.271 e. The van der Waals surface area contributed by atoms with Crippen LogP contribution in [0.25, 0.3) is 0 Å². The maximum atomic E-state index is 13.2. The second-order valence-electron chi connectivity index (χ2n) is 5.69. The van der Waals surface area contributed by atoms with E-state index in [1.807, 2.05) is 0 Å². The van der Waals surface area contributed by atoms with Crippen molar-refractivity contribution in [2.45, 2.75) is 25.5 Å². The molecule has 6 nitrogen and oxygen atoms in total. The second-order valence-corrected chi connectivity index (χ2v) is 5.69. The van der Waals surface area contributed by atoms with Crippen molar-refractivity contribution >= 4 is 5.91 Å². The monoisotopic (exact) mass is 331 g/mol. The first-order valence-corrected chi connectivity index (χ1v) is 7.84. The lowest BCUT2D eigenvalue weighted by atomic mass is 10.2. The molecule has 0 spiro atoms. The van der Waals surface area contributed by atoms with Gasteiger partial charge >= 0.3 is 0 Å². The lowest BCUT2D eigenvalue weighted by Crippen LogP contribution is -2.34. The van der Waals surface area contributed by atoms with E-state index in [0.717, 1.165) is 24.1 Å². The molecule has 1 atom stereocenters. The Morgan fingerprint density at radius 3 is 3.00 bits per heavy atom. The lowest BCUT2D eigenvalue weighted by molar-refractivity contribution is 0.0851. The maximum Gasteiger partial charge on any atom is 0.271 e. The summed E-state index contributed by atoms with van der Waals surface area (Å²) < 4.78 is 19.8. The minimum absolute atomic E-state index is 0.0344. The highest BCUT2D eigenvalue weighted by Crippen LogP contribution is 2.10. The molecule has 126 valence electrons. The Morgan fingerprint density at radius 2 is 2.25 bits per heavy atom. The van der Waals surface area contributed by atoms with Crippen LogP contribution in [0.5, 0.6) is 0 Å². The Balaban J connectivity index is 1.70. The molecule has 0 radical (unpaired) electrons. The number of hydrogen-bond donors (Lipinski definition) is 1. The first kappa shape index (κ1) is 16.3. The number of halogens is 1. The molecule has 1 aliphatic rings. The molecule has 1 N–H and O–H groups in total. The normalized spacial score (nSPS) is 17.0. The van der Waals surface area contributed by atoms with Gasteiger partial charge in [0.2, 0.25) is 0 Å². The summed E-state index contributed by atoms with van der Waals surface area (Å²) in [5.74, 6) is -0.746. The van der Waals surface area contributed by atoms with Crippen molar-refractivity contribution < 1.29 is 13.9 Å². The van der Waals surface area contributed by atoms with Crippen LogP contribution in [-0.4, -0.2) is 34.9 Å². The van der Waals surface area contributed by atoms with E-state index in [0.29, 0.717) is 12.1 Å². The first-order valence-electron chi connectivity index (χ1n) is 7.84. The molecule has 2 aromatic rings. The van der Waals surface area contributed by atoms with Gasteiger partial charge in [0.25, 0.3) is 11.5 Å². The van der Waals surface area contributed by atoms with Gasteiger partial charge in [0, 0.05) is 19.2 Å². The number of hydrogen-bond acceptors (Lipinski definition) is 4. The van der Waals surface area contributed by atoms with Crippen LogP contribution in [0.2, 0.25) is 0 Å². The summed E-state index contributed by atoms with van der Waals surface area (Å²) in [7, 11) is 0. The molecule has 2 heterocycles. The molecule has 7 heteroatoms. The van der Waals surface area contributed by atoms with Crippen LogP contribution in [0.3, 0.4) is 0 Å². The highest BCUT2D eigenvalue weighted by molar-refractivity contribution is 5.92. The summed E-state index contributed by atoms with van der Waals surface area (Å²) in [5, 5.41) is 6.83. The van der Waals surface area contributed by atoms with Gasteiger partial charge in [-0.15, -0.1) is 0 Å². The van der Waals surface area contributed by atoms with Gasteiger partial charge in [0.1, 0.15) is 11.5 Å². The molecule has 1 aromatic carbocycles. The third kappa shape index (κ3) is 4.05. The quantitative estimate of drug-likeness (QED) is 0.897. The van der Waals surface area contributed by atoms with E-state index in [2.05, 4.69) is 10.4 Å². The third-order valence-electron chi connectivity index (χ3n) is 3.83. The number of ether oxygens (including phenoxy) is 1. The Labute approximate surface area is 138 Å². The van der Waals surface area contributed by atoms with E-state index in [1.54, 1.807) is 12.1 Å². The largest absolute Gasteiger partial charge is 0.376 e. The minimum atomic E-state index is -0.383. The molecule has 1 aliphatic heterocycles. The number of carbonyl (C=O) groups excluding carboxylic acids is 1. The predicted molar refractivity (Wildman–Crippen MR) is 85.3 cm³/mol. The van der Waals surface area contributed by atoms with Crippen LogP contribution in [-0.2, 0) is 11.3 Å². The fraction of sp³-hybridized carbons (Fsp3) is 0.353. The lowest BCUT2D eigenvalue weighted by Gasteiger charge is -2.11. The van der Waals surface area contributed by atoms with Crippen LogP contribution in [0.4, 0.5) is 4.39 Å². The average Bonchev–Trinajstić information content (AvgIpc) is 3.08. The molecule has 1 fully saturated rings. The number of aromatic nitrogens is 2. The Bertz CT molecular complexity index is 785. The second kappa shape index (κ2) is 7.35. The van der Waals surface area contributed by atoms with Crippen molar-refractivity contribution in [2.75, 3.05) is 13.2 Å². The summed E-state index contributed by atoms with van der Waals surface area (Å²) in [6.45, 7) is 1.24. The van der Waals surface area contributed by atoms with Gasteiger partial charge in [-0.1, -0.05) is 12.1 Å². The maximum absolute atomic E-state index is 13.2. The summed E-state index contributed by atoms with van der Waals surface area (Å²) in [6.07, 6.45) is 1.96. The van der Waals surface area contributed by atoms with Crippen LogP contribution >= 0.6 is 0 Å². The molecule has 0 bridgehead atoms. The Hall–Kier alpha value is -2.54. The van der Waals surface area contributed by atoms with Gasteiger partial charge in [0.05, 0.1) is 12.6 Å². The highest BCUT2D eigenvalue weighted by Gasteiger charge is 2.17. The fourth-order valence-electron chi connectivity index (χ4n) is 2.59. The molecule has 1 amide bonds. The van der Waals surface area contributed by atoms with E-state index < -0.39 is 0 Å². The van der Waals surface area contributed by atoms with Crippen molar-refractivity contribution in [3.05, 3.63) is 63.8 Å². The zero-order valence-electron chi connectivity index (χ0n) is 13.1. The van der Waals surface area contributed by atoms with E-state index in [9.17, 15) is 14.0 Å². The van der Waals surface area contributed by atoms with Gasteiger partial charge in [-0.05, 0) is 36.6 Å². The molecule has 1 aromatic heterocycles. The van der Waals surface area contributed by atoms with E-state index in [1.165, 1.54) is 24.3 Å². The van der Waals surface area contributed by atoms with E-state index in [4.69, 9.17) is 4.74 Å². The number of rotatable bonds is 5. The van der Waals surface area contributed by atoms with Crippen molar-refractivity contribution in [2.24, 2.45) is 0 Å². The van der Waals surface area contributed by atoms with Crippen molar-refractivity contribution in [1.82, 2.24) is 15.1 Å². The zero-order chi connectivity index (χ0) is 16.9. The van der Waals surface area contributed by atoms with Crippen LogP contribution in [0, 0.1) is 5.82 Å². The number of benzene rings is 1. The molecular weight excluding hydrogens is 313 g/mol. The van der Waals surface area contributed by atoms with Gasteiger partial charge < -0.3 is 10.1 Å². The number of nitrogens with one attached hydrogen (secondary N) is 1. The molecule has 3 rings (SSSR count). The summed E-state index contributed by atoms with van der Waals surface area (Å²) in [4.78, 5) is 24.1.